The summed E-state index contributed by atoms with van der Waals surface area (Å²) >= 11 is 12.2. The number of H-pyrrole nitrogens is 1. The van der Waals surface area contributed by atoms with Crippen molar-refractivity contribution < 1.29 is 18.3 Å². The van der Waals surface area contributed by atoms with Gasteiger partial charge in [-0.1, -0.05) is 71.7 Å². The van der Waals surface area contributed by atoms with Gasteiger partial charge in [0.1, 0.15) is 5.60 Å². The lowest BCUT2D eigenvalue weighted by molar-refractivity contribution is -0.137. The van der Waals surface area contributed by atoms with E-state index in [1.807, 2.05) is 6.07 Å². The molecular weight excluding hydrogens is 488 g/mol. The Kier molecular flexibility index (Phi) is 6.53. The quantitative estimate of drug-likeness (QED) is 0.338. The number of benzene rings is 3. The third-order valence-corrected chi connectivity index (χ3v) is 6.14. The summed E-state index contributed by atoms with van der Waals surface area (Å²) < 4.78 is 39.3. The Labute approximate surface area is 202 Å². The summed E-state index contributed by atoms with van der Waals surface area (Å²) in [6.45, 7) is 0. The van der Waals surface area contributed by atoms with Crippen LogP contribution in [0.15, 0.2) is 83.7 Å². The van der Waals surface area contributed by atoms with E-state index in [9.17, 15) is 23.1 Å². The van der Waals surface area contributed by atoms with Crippen LogP contribution in [0.2, 0.25) is 10.0 Å². The molecule has 0 aliphatic rings. The van der Waals surface area contributed by atoms with Crippen molar-refractivity contribution >= 4 is 23.2 Å². The van der Waals surface area contributed by atoms with Crippen molar-refractivity contribution in [1.29, 1.82) is 0 Å². The number of nitrogens with zero attached hydrogens (tertiary/aromatic N) is 1. The second kappa shape index (κ2) is 9.25. The Balaban J connectivity index is 1.83. The summed E-state index contributed by atoms with van der Waals surface area (Å²) in [5.41, 5.74) is -1.43. The van der Waals surface area contributed by atoms with Crippen molar-refractivity contribution in [3.63, 3.8) is 0 Å². The van der Waals surface area contributed by atoms with Crippen LogP contribution in [0.4, 0.5) is 13.2 Å². The minimum atomic E-state index is -4.53. The van der Waals surface area contributed by atoms with E-state index in [4.69, 9.17) is 23.2 Å². The second-order valence-corrected chi connectivity index (χ2v) is 8.52. The van der Waals surface area contributed by atoms with Crippen LogP contribution in [0.1, 0.15) is 22.4 Å². The predicted molar refractivity (Wildman–Crippen MR) is 125 cm³/mol. The Bertz CT molecular complexity index is 1370. The van der Waals surface area contributed by atoms with Gasteiger partial charge in [0.15, 0.2) is 0 Å². The molecule has 0 spiro atoms. The van der Waals surface area contributed by atoms with E-state index in [1.165, 1.54) is 30.3 Å². The van der Waals surface area contributed by atoms with Gasteiger partial charge in [0.05, 0.1) is 21.3 Å². The predicted octanol–water partition coefficient (Wildman–Crippen LogP) is 6.24. The van der Waals surface area contributed by atoms with Crippen molar-refractivity contribution in [1.82, 2.24) is 9.97 Å². The minimum Gasteiger partial charge on any atom is -0.380 e. The van der Waals surface area contributed by atoms with Crippen LogP contribution in [0.5, 0.6) is 0 Å². The molecule has 1 atom stereocenters. The van der Waals surface area contributed by atoms with Gasteiger partial charge >= 0.3 is 11.9 Å². The Morgan fingerprint density at radius 2 is 1.44 bits per heavy atom. The van der Waals surface area contributed by atoms with Crippen LogP contribution >= 0.6 is 23.2 Å². The lowest BCUT2D eigenvalue weighted by atomic mass is 9.82. The molecule has 0 bridgehead atoms. The molecule has 3 aromatic carbocycles. The van der Waals surface area contributed by atoms with E-state index in [-0.39, 0.29) is 22.0 Å². The number of alkyl halides is 3. The van der Waals surface area contributed by atoms with Gasteiger partial charge in [0.25, 0.3) is 0 Å². The Morgan fingerprint density at radius 3 is 2.06 bits per heavy atom. The van der Waals surface area contributed by atoms with Crippen LogP contribution in [0, 0.1) is 0 Å². The zero-order valence-corrected chi connectivity index (χ0v) is 18.9. The largest absolute Gasteiger partial charge is 0.416 e. The molecule has 1 aromatic heterocycles. The van der Waals surface area contributed by atoms with Crippen LogP contribution in [0.25, 0.3) is 11.3 Å². The molecule has 4 nitrogen and oxygen atoms in total. The lowest BCUT2D eigenvalue weighted by Crippen LogP contribution is -2.32. The van der Waals surface area contributed by atoms with Crippen molar-refractivity contribution in [3.8, 4) is 11.3 Å². The average Bonchev–Trinajstić information content (AvgIpc) is 2.80. The molecular formula is C25H17Cl2F3N2O2. The fourth-order valence-corrected chi connectivity index (χ4v) is 3.99. The Hall–Kier alpha value is -3.13. The summed E-state index contributed by atoms with van der Waals surface area (Å²) in [5, 5.41) is 12.3. The number of nitrogens with one attached hydrogen (secondary N) is 1. The molecule has 0 aliphatic carbocycles. The number of aromatic amines is 1. The van der Waals surface area contributed by atoms with Gasteiger partial charge in [-0.2, -0.15) is 18.2 Å². The van der Waals surface area contributed by atoms with E-state index in [0.29, 0.717) is 22.5 Å². The maximum atomic E-state index is 13.1. The van der Waals surface area contributed by atoms with Gasteiger partial charge in [-0.15, -0.1) is 0 Å². The molecule has 0 fully saturated rings. The van der Waals surface area contributed by atoms with Gasteiger partial charge in [-0.25, -0.2) is 4.79 Å². The van der Waals surface area contributed by atoms with Crippen LogP contribution in [0.3, 0.4) is 0 Å². The number of aromatic nitrogens is 2. The highest BCUT2D eigenvalue weighted by Gasteiger charge is 2.35. The Morgan fingerprint density at radius 1 is 0.824 bits per heavy atom. The number of aliphatic hydroxyl groups is 1. The third-order valence-electron chi connectivity index (χ3n) is 5.40. The summed E-state index contributed by atoms with van der Waals surface area (Å²) in [7, 11) is 0. The van der Waals surface area contributed by atoms with E-state index in [0.717, 1.165) is 12.1 Å². The van der Waals surface area contributed by atoms with Gasteiger partial charge < -0.3 is 10.1 Å². The average molecular weight is 505 g/mol. The van der Waals surface area contributed by atoms with E-state index in [2.05, 4.69) is 9.97 Å². The van der Waals surface area contributed by atoms with Crippen molar-refractivity contribution in [2.24, 2.45) is 0 Å². The molecule has 4 rings (SSSR count). The molecule has 4 aromatic rings. The fraction of sp³-hybridized carbons (Fsp3) is 0.120. The number of hydrogen-bond donors (Lipinski definition) is 2. The highest BCUT2D eigenvalue weighted by Crippen LogP contribution is 2.38. The SMILES string of the molecule is O=c1nc(-c2ccccc2)cc(C[C@](O)(c2ccc(C(F)(F)F)cc2)c2ccc(Cl)c(Cl)c2)[nH]1. The van der Waals surface area contributed by atoms with E-state index >= 15 is 0 Å². The monoisotopic (exact) mass is 504 g/mol. The van der Waals surface area contributed by atoms with Gasteiger partial charge in [-0.3, -0.25) is 0 Å². The maximum Gasteiger partial charge on any atom is 0.416 e. The molecule has 0 radical (unpaired) electrons. The van der Waals surface area contributed by atoms with Gasteiger partial charge in [0.2, 0.25) is 0 Å². The first-order valence-corrected chi connectivity index (χ1v) is 10.8. The first-order chi connectivity index (χ1) is 16.1. The molecule has 2 N–H and O–H groups in total. The smallest absolute Gasteiger partial charge is 0.380 e. The zero-order chi connectivity index (χ0) is 24.5. The minimum absolute atomic E-state index is 0.165. The normalized spacial score (nSPS) is 13.5. The lowest BCUT2D eigenvalue weighted by Gasteiger charge is -2.30. The van der Waals surface area contributed by atoms with Crippen LogP contribution in [-0.2, 0) is 18.2 Å². The third kappa shape index (κ3) is 5.01. The van der Waals surface area contributed by atoms with E-state index in [1.54, 1.807) is 30.3 Å². The summed E-state index contributed by atoms with van der Waals surface area (Å²) in [5.74, 6) is 0. The van der Waals surface area contributed by atoms with Crippen molar-refractivity contribution in [3.05, 3.63) is 122 Å². The van der Waals surface area contributed by atoms with Gasteiger partial charge in [-0.05, 0) is 41.5 Å². The van der Waals surface area contributed by atoms with Gasteiger partial charge in [0, 0.05) is 17.7 Å². The van der Waals surface area contributed by atoms with Crippen molar-refractivity contribution in [2.45, 2.75) is 18.2 Å². The number of rotatable bonds is 5. The zero-order valence-electron chi connectivity index (χ0n) is 17.4. The van der Waals surface area contributed by atoms with E-state index < -0.39 is 23.0 Å². The summed E-state index contributed by atoms with van der Waals surface area (Å²) in [6.07, 6.45) is -4.70. The summed E-state index contributed by atoms with van der Waals surface area (Å²) in [4.78, 5) is 18.9. The first kappa shape index (κ1) is 24.0. The number of halogens is 5. The highest BCUT2D eigenvalue weighted by atomic mass is 35.5. The molecule has 0 aliphatic heterocycles. The second-order valence-electron chi connectivity index (χ2n) is 7.70. The highest BCUT2D eigenvalue weighted by molar-refractivity contribution is 6.42. The molecule has 0 saturated carbocycles. The molecule has 174 valence electrons. The van der Waals surface area contributed by atoms with Crippen molar-refractivity contribution in [2.75, 3.05) is 0 Å². The standard InChI is InChI=1S/C25H17Cl2F3N2O2/c26-20-11-10-18(12-21(20)27)24(34,16-6-8-17(9-7-16)25(28,29)30)14-19-13-22(32-23(33)31-19)15-4-2-1-3-5-15/h1-13,34H,14H2,(H,31,32,33)/t24-/m0/s1. The fourth-order valence-electron chi connectivity index (χ4n) is 3.69. The molecule has 34 heavy (non-hydrogen) atoms. The van der Waals surface area contributed by atoms with Crippen LogP contribution in [-0.4, -0.2) is 15.1 Å². The first-order valence-electron chi connectivity index (χ1n) is 10.1. The maximum absolute atomic E-state index is 13.1. The molecule has 9 heteroatoms. The summed E-state index contributed by atoms with van der Waals surface area (Å²) in [6, 6.07) is 19.2. The molecule has 0 saturated heterocycles. The number of hydrogen-bond acceptors (Lipinski definition) is 3. The topological polar surface area (TPSA) is 66.0 Å². The molecule has 0 unspecified atom stereocenters. The van der Waals surface area contributed by atoms with Crippen LogP contribution < -0.4 is 5.69 Å². The molecule has 0 amide bonds. The molecule has 1 heterocycles.